The third-order valence-electron chi connectivity index (χ3n) is 10.8. The van der Waals surface area contributed by atoms with E-state index in [0.29, 0.717) is 80.9 Å². The number of carbonyl (C=O) groups is 1. The van der Waals surface area contributed by atoms with Crippen molar-refractivity contribution in [2.75, 3.05) is 19.6 Å². The number of ether oxygens (including phenoxy) is 1. The Balaban J connectivity index is 1.04. The molecule has 9 nitrogen and oxygen atoms in total. The van der Waals surface area contributed by atoms with E-state index >= 15 is 0 Å². The number of aryl methyl sites for hydroxylation is 1. The number of rotatable bonds is 19. The number of hydroxylamine groups is 3. The molecule has 0 radical (unpaired) electrons. The van der Waals surface area contributed by atoms with Crippen LogP contribution in [-0.2, 0) is 22.5 Å². The standard InChI is InChI=1S/C39H57FN4O5/c1-3-4-5-6-7-8-9-10-11-12-13-14-15-18-36(45)48-34-17-16-24-43-38(34)41-29(2)32(39(43)46)23-27-44(47)25-21-30(22-26-44)37-33-20-19-31(40)28-35(33)49-42-37/h19-20,28,30,34H,3-18,21-27H2,1-2H3/t30?,34-,44?/m0/s1. The van der Waals surface area contributed by atoms with Crippen molar-refractivity contribution in [1.29, 1.82) is 0 Å². The summed E-state index contributed by atoms with van der Waals surface area (Å²) in [5.41, 5.74) is 2.27. The van der Waals surface area contributed by atoms with E-state index in [2.05, 4.69) is 12.1 Å². The summed E-state index contributed by atoms with van der Waals surface area (Å²) in [4.78, 5) is 31.2. The second-order valence-electron chi connectivity index (χ2n) is 14.6. The predicted octanol–water partition coefficient (Wildman–Crippen LogP) is 9.13. The lowest BCUT2D eigenvalue weighted by Gasteiger charge is -2.47. The molecule has 0 amide bonds. The molecule has 0 bridgehead atoms. The first-order valence-electron chi connectivity index (χ1n) is 19.2. The van der Waals surface area contributed by atoms with Crippen LogP contribution in [0.15, 0.2) is 27.5 Å². The van der Waals surface area contributed by atoms with Gasteiger partial charge in [-0.05, 0) is 38.3 Å². The number of quaternary nitrogens is 1. The van der Waals surface area contributed by atoms with Crippen LogP contribution in [0, 0.1) is 17.9 Å². The van der Waals surface area contributed by atoms with E-state index in [4.69, 9.17) is 14.2 Å². The molecule has 3 aromatic rings. The lowest BCUT2D eigenvalue weighted by molar-refractivity contribution is -0.885. The minimum Gasteiger partial charge on any atom is -0.633 e. The van der Waals surface area contributed by atoms with Gasteiger partial charge >= 0.3 is 5.97 Å². The van der Waals surface area contributed by atoms with Crippen molar-refractivity contribution in [2.24, 2.45) is 0 Å². The van der Waals surface area contributed by atoms with Crippen LogP contribution < -0.4 is 5.56 Å². The van der Waals surface area contributed by atoms with Gasteiger partial charge in [0.2, 0.25) is 0 Å². The molecule has 0 N–H and O–H groups in total. The van der Waals surface area contributed by atoms with Crippen LogP contribution in [0.4, 0.5) is 4.39 Å². The quantitative estimate of drug-likeness (QED) is 0.0537. The summed E-state index contributed by atoms with van der Waals surface area (Å²) in [5, 5.41) is 18.7. The molecular formula is C39H57FN4O5. The Morgan fingerprint density at radius 2 is 1.65 bits per heavy atom. The van der Waals surface area contributed by atoms with Crippen LogP contribution >= 0.6 is 0 Å². The van der Waals surface area contributed by atoms with Gasteiger partial charge in [-0.25, -0.2) is 9.37 Å². The van der Waals surface area contributed by atoms with Crippen molar-refractivity contribution in [2.45, 2.75) is 154 Å². The summed E-state index contributed by atoms with van der Waals surface area (Å²) < 4.78 is 26.1. The highest BCUT2D eigenvalue weighted by molar-refractivity contribution is 5.79. The van der Waals surface area contributed by atoms with E-state index in [1.54, 1.807) is 10.6 Å². The first-order chi connectivity index (χ1) is 23.8. The molecule has 2 aromatic heterocycles. The van der Waals surface area contributed by atoms with E-state index < -0.39 is 6.10 Å². The van der Waals surface area contributed by atoms with Crippen LogP contribution in [0.1, 0.15) is 157 Å². The normalized spacial score (nSPS) is 20.8. The number of aromatic nitrogens is 3. The van der Waals surface area contributed by atoms with Crippen LogP contribution in [0.3, 0.4) is 0 Å². The SMILES string of the molecule is CCCCCCCCCCCCCCCC(=O)O[C@H]1CCCn2c1nc(C)c(CC[N+]1([O-])CCC(c3noc4cc(F)ccc34)CC1)c2=O. The molecular weight excluding hydrogens is 623 g/mol. The second-order valence-corrected chi connectivity index (χ2v) is 14.6. The third kappa shape index (κ3) is 10.2. The fraction of sp³-hybridized carbons (Fsp3) is 0.692. The number of unbranched alkanes of at least 4 members (excludes halogenated alkanes) is 12. The maximum atomic E-state index is 13.7. The first kappa shape index (κ1) is 37.2. The zero-order valence-electron chi connectivity index (χ0n) is 29.9. The molecule has 1 atom stereocenters. The maximum absolute atomic E-state index is 13.7. The number of benzene rings is 1. The Morgan fingerprint density at radius 3 is 2.33 bits per heavy atom. The van der Waals surface area contributed by atoms with Gasteiger partial charge in [0.05, 0.1) is 25.3 Å². The molecule has 0 saturated carbocycles. The maximum Gasteiger partial charge on any atom is 0.306 e. The van der Waals surface area contributed by atoms with Crippen LogP contribution in [0.2, 0.25) is 0 Å². The Morgan fingerprint density at radius 1 is 1.00 bits per heavy atom. The Kier molecular flexibility index (Phi) is 13.8. The lowest BCUT2D eigenvalue weighted by atomic mass is 9.91. The Labute approximate surface area is 290 Å². The molecule has 5 rings (SSSR count). The first-order valence-corrected chi connectivity index (χ1v) is 19.2. The van der Waals surface area contributed by atoms with Crippen LogP contribution in [-0.4, -0.2) is 45.0 Å². The van der Waals surface area contributed by atoms with Crippen molar-refractivity contribution in [3.63, 3.8) is 0 Å². The smallest absolute Gasteiger partial charge is 0.306 e. The van der Waals surface area contributed by atoms with Gasteiger partial charge in [0, 0.05) is 60.9 Å². The minimum atomic E-state index is -0.510. The highest BCUT2D eigenvalue weighted by Crippen LogP contribution is 2.35. The number of halogens is 1. The molecule has 0 spiro atoms. The second kappa shape index (κ2) is 18.2. The number of nitrogens with zero attached hydrogens (tertiary/aromatic N) is 4. The number of piperidine rings is 1. The summed E-state index contributed by atoms with van der Waals surface area (Å²) in [7, 11) is 0. The zero-order valence-corrected chi connectivity index (χ0v) is 29.9. The van der Waals surface area contributed by atoms with Crippen molar-refractivity contribution in [3.05, 3.63) is 62.4 Å². The molecule has 4 heterocycles. The largest absolute Gasteiger partial charge is 0.633 e. The number of carbonyl (C=O) groups excluding carboxylic acids is 1. The predicted molar refractivity (Wildman–Crippen MR) is 189 cm³/mol. The molecule has 2 aliphatic heterocycles. The van der Waals surface area contributed by atoms with Gasteiger partial charge in [-0.2, -0.15) is 0 Å². The monoisotopic (exact) mass is 680 g/mol. The molecule has 0 unspecified atom stereocenters. The van der Waals surface area contributed by atoms with Gasteiger partial charge < -0.3 is 19.1 Å². The van der Waals surface area contributed by atoms with E-state index in [1.165, 1.54) is 76.3 Å². The highest BCUT2D eigenvalue weighted by atomic mass is 19.1. The minimum absolute atomic E-state index is 0.0777. The average molecular weight is 681 g/mol. The van der Waals surface area contributed by atoms with Gasteiger partial charge in [0.1, 0.15) is 5.82 Å². The molecule has 10 heteroatoms. The summed E-state index contributed by atoms with van der Waals surface area (Å²) >= 11 is 0. The topological polar surface area (TPSA) is 110 Å². The zero-order chi connectivity index (χ0) is 34.6. The van der Waals surface area contributed by atoms with E-state index in [-0.39, 0.29) is 27.9 Å². The summed E-state index contributed by atoms with van der Waals surface area (Å²) in [5.74, 6) is 0.0230. The number of hydrogen-bond donors (Lipinski definition) is 0. The summed E-state index contributed by atoms with van der Waals surface area (Å²) in [6, 6.07) is 4.43. The van der Waals surface area contributed by atoms with Crippen molar-refractivity contribution >= 4 is 16.9 Å². The summed E-state index contributed by atoms with van der Waals surface area (Å²) in [6.07, 6.45) is 19.3. The van der Waals surface area contributed by atoms with E-state index in [1.807, 2.05) is 6.92 Å². The summed E-state index contributed by atoms with van der Waals surface area (Å²) in [6.45, 7) is 5.74. The Hall–Kier alpha value is -3.11. The fourth-order valence-electron chi connectivity index (χ4n) is 7.73. The molecule has 49 heavy (non-hydrogen) atoms. The van der Waals surface area contributed by atoms with E-state index in [0.717, 1.165) is 36.8 Å². The number of esters is 1. The van der Waals surface area contributed by atoms with Crippen LogP contribution in [0.5, 0.6) is 0 Å². The molecule has 270 valence electrons. The van der Waals surface area contributed by atoms with Crippen molar-refractivity contribution < 1.29 is 23.1 Å². The van der Waals surface area contributed by atoms with Crippen molar-refractivity contribution in [1.82, 2.24) is 14.7 Å². The van der Waals surface area contributed by atoms with Gasteiger partial charge in [0.25, 0.3) is 5.56 Å². The fourth-order valence-corrected chi connectivity index (χ4v) is 7.73. The molecule has 1 saturated heterocycles. The number of likely N-dealkylation sites (tertiary alicyclic amines) is 1. The van der Waals surface area contributed by atoms with Gasteiger partial charge in [-0.1, -0.05) is 89.1 Å². The average Bonchev–Trinajstić information content (AvgIpc) is 3.50. The molecule has 0 aliphatic carbocycles. The Bertz CT molecular complexity index is 1560. The van der Waals surface area contributed by atoms with Gasteiger partial charge in [-0.15, -0.1) is 0 Å². The molecule has 1 aromatic carbocycles. The third-order valence-corrected chi connectivity index (χ3v) is 10.8. The number of hydrogen-bond acceptors (Lipinski definition) is 7. The highest BCUT2D eigenvalue weighted by Gasteiger charge is 2.32. The van der Waals surface area contributed by atoms with Crippen molar-refractivity contribution in [3.8, 4) is 0 Å². The lowest BCUT2D eigenvalue weighted by Crippen LogP contribution is -2.49. The molecule has 1 fully saturated rings. The van der Waals surface area contributed by atoms with Gasteiger partial charge in [-0.3, -0.25) is 14.2 Å². The van der Waals surface area contributed by atoms with Gasteiger partial charge in [0.15, 0.2) is 17.5 Å². The van der Waals surface area contributed by atoms with Crippen LogP contribution in [0.25, 0.3) is 11.0 Å². The molecule has 2 aliphatic rings. The van der Waals surface area contributed by atoms with E-state index in [9.17, 15) is 19.2 Å². The number of fused-ring (bicyclic) bond motifs is 2.